The lowest BCUT2D eigenvalue weighted by molar-refractivity contribution is -0.150. The van der Waals surface area contributed by atoms with Crippen LogP contribution in [-0.4, -0.2) is 43.4 Å². The van der Waals surface area contributed by atoms with Gasteiger partial charge in [-0.3, -0.25) is 9.59 Å². The van der Waals surface area contributed by atoms with E-state index in [9.17, 15) is 14.4 Å². The SMILES string of the molecule is CCOC(=O)C(C)Oc1cccc2c(=O)n(CC(=O)Nc3ccc(OC)cc3OC)ccc12. The van der Waals surface area contributed by atoms with Crippen LogP contribution in [0.4, 0.5) is 5.69 Å². The molecule has 1 atom stereocenters. The number of rotatable bonds is 9. The van der Waals surface area contributed by atoms with Gasteiger partial charge >= 0.3 is 5.97 Å². The van der Waals surface area contributed by atoms with E-state index in [1.54, 1.807) is 56.3 Å². The zero-order valence-electron chi connectivity index (χ0n) is 18.9. The summed E-state index contributed by atoms with van der Waals surface area (Å²) in [5.41, 5.74) is 0.0966. The van der Waals surface area contributed by atoms with E-state index >= 15 is 0 Å². The lowest BCUT2D eigenvalue weighted by Crippen LogP contribution is -2.28. The minimum atomic E-state index is -0.830. The maximum Gasteiger partial charge on any atom is 0.347 e. The van der Waals surface area contributed by atoms with Crippen molar-refractivity contribution in [1.29, 1.82) is 0 Å². The molecule has 0 fully saturated rings. The standard InChI is InChI=1S/C24H26N2O7/c1-5-32-24(29)15(2)33-20-8-6-7-18-17(20)11-12-26(23(18)28)14-22(27)25-19-10-9-16(30-3)13-21(19)31-4/h6-13,15H,5,14H2,1-4H3,(H,25,27). The number of aromatic nitrogens is 1. The van der Waals surface area contributed by atoms with Gasteiger partial charge in [-0.2, -0.15) is 0 Å². The van der Waals surface area contributed by atoms with Gasteiger partial charge in [-0.25, -0.2) is 4.79 Å². The highest BCUT2D eigenvalue weighted by molar-refractivity contribution is 5.93. The minimum Gasteiger partial charge on any atom is -0.497 e. The molecule has 9 nitrogen and oxygen atoms in total. The average Bonchev–Trinajstić information content (AvgIpc) is 2.81. The minimum absolute atomic E-state index is 0.200. The van der Waals surface area contributed by atoms with E-state index < -0.39 is 18.0 Å². The fourth-order valence-corrected chi connectivity index (χ4v) is 3.26. The highest BCUT2D eigenvalue weighted by Crippen LogP contribution is 2.29. The molecule has 0 aliphatic carbocycles. The summed E-state index contributed by atoms with van der Waals surface area (Å²) in [5, 5.41) is 3.64. The molecule has 9 heteroatoms. The van der Waals surface area contributed by atoms with Gasteiger partial charge in [-0.05, 0) is 44.2 Å². The Balaban J connectivity index is 1.81. The zero-order valence-corrected chi connectivity index (χ0v) is 18.9. The van der Waals surface area contributed by atoms with Crippen LogP contribution in [0.1, 0.15) is 13.8 Å². The second-order valence-corrected chi connectivity index (χ2v) is 7.09. The van der Waals surface area contributed by atoms with Crippen molar-refractivity contribution in [1.82, 2.24) is 4.57 Å². The lowest BCUT2D eigenvalue weighted by Gasteiger charge is -2.16. The third-order valence-corrected chi connectivity index (χ3v) is 4.90. The molecule has 1 aromatic heterocycles. The molecule has 1 heterocycles. The smallest absolute Gasteiger partial charge is 0.347 e. The Morgan fingerprint density at radius 1 is 1.03 bits per heavy atom. The van der Waals surface area contributed by atoms with Crippen LogP contribution in [0.2, 0.25) is 0 Å². The molecule has 0 spiro atoms. The molecule has 1 amide bonds. The number of anilines is 1. The number of hydrogen-bond acceptors (Lipinski definition) is 7. The largest absolute Gasteiger partial charge is 0.497 e. The number of nitrogens with one attached hydrogen (secondary N) is 1. The van der Waals surface area contributed by atoms with Gasteiger partial charge in [0.15, 0.2) is 6.10 Å². The topological polar surface area (TPSA) is 105 Å². The number of carbonyl (C=O) groups excluding carboxylic acids is 2. The molecule has 1 unspecified atom stereocenters. The van der Waals surface area contributed by atoms with Crippen molar-refractivity contribution in [2.45, 2.75) is 26.5 Å². The van der Waals surface area contributed by atoms with Crippen molar-refractivity contribution >= 4 is 28.3 Å². The van der Waals surface area contributed by atoms with Crippen LogP contribution in [0, 0.1) is 0 Å². The Bertz CT molecular complexity index is 1220. The highest BCUT2D eigenvalue weighted by atomic mass is 16.6. The quantitative estimate of drug-likeness (QED) is 0.496. The Kier molecular flexibility index (Phi) is 7.55. The van der Waals surface area contributed by atoms with Gasteiger partial charge in [-0.15, -0.1) is 0 Å². The summed E-state index contributed by atoms with van der Waals surface area (Å²) in [4.78, 5) is 37.5. The molecule has 0 aliphatic rings. The molecule has 3 aromatic rings. The number of ether oxygens (including phenoxy) is 4. The number of nitrogens with zero attached hydrogens (tertiary/aromatic N) is 1. The molecule has 2 aromatic carbocycles. The van der Waals surface area contributed by atoms with Crippen LogP contribution in [-0.2, 0) is 20.9 Å². The summed E-state index contributed by atoms with van der Waals surface area (Å²) in [6.07, 6.45) is 0.681. The first-order valence-electron chi connectivity index (χ1n) is 10.3. The molecule has 1 N–H and O–H groups in total. The molecule has 3 rings (SSSR count). The molecule has 0 radical (unpaired) electrons. The average molecular weight is 454 g/mol. The molecule has 0 saturated heterocycles. The maximum atomic E-state index is 13.0. The Morgan fingerprint density at radius 3 is 2.52 bits per heavy atom. The fourth-order valence-electron chi connectivity index (χ4n) is 3.26. The summed E-state index contributed by atoms with van der Waals surface area (Å²) in [6.45, 7) is 3.34. The van der Waals surface area contributed by atoms with Gasteiger partial charge in [-0.1, -0.05) is 6.07 Å². The molecule has 33 heavy (non-hydrogen) atoms. The molecule has 0 saturated carbocycles. The monoisotopic (exact) mass is 454 g/mol. The second-order valence-electron chi connectivity index (χ2n) is 7.09. The predicted molar refractivity (Wildman–Crippen MR) is 123 cm³/mol. The first-order valence-corrected chi connectivity index (χ1v) is 10.3. The maximum absolute atomic E-state index is 13.0. The van der Waals surface area contributed by atoms with Crippen molar-refractivity contribution in [3.05, 3.63) is 59.0 Å². The van der Waals surface area contributed by atoms with Crippen molar-refractivity contribution in [2.75, 3.05) is 26.1 Å². The van der Waals surface area contributed by atoms with Crippen LogP contribution < -0.4 is 25.1 Å². The summed E-state index contributed by atoms with van der Waals surface area (Å²) in [7, 11) is 3.02. The molecule has 174 valence electrons. The first kappa shape index (κ1) is 23.6. The summed E-state index contributed by atoms with van der Waals surface area (Å²) < 4.78 is 22.4. The van der Waals surface area contributed by atoms with Gasteiger partial charge in [0.25, 0.3) is 5.56 Å². The van der Waals surface area contributed by atoms with Gasteiger partial charge in [0.1, 0.15) is 23.8 Å². The van der Waals surface area contributed by atoms with Gasteiger partial charge in [0.05, 0.1) is 31.9 Å². The van der Waals surface area contributed by atoms with E-state index in [-0.39, 0.29) is 18.7 Å². The number of hydrogen-bond donors (Lipinski definition) is 1. The number of methoxy groups -OCH3 is 2. The van der Waals surface area contributed by atoms with Gasteiger partial charge in [0.2, 0.25) is 5.91 Å². The van der Waals surface area contributed by atoms with Crippen LogP contribution in [0.3, 0.4) is 0 Å². The summed E-state index contributed by atoms with van der Waals surface area (Å²) in [6, 6.07) is 11.6. The zero-order chi connectivity index (χ0) is 24.0. The molecular formula is C24H26N2O7. The number of benzene rings is 2. The van der Waals surface area contributed by atoms with E-state index in [1.165, 1.54) is 25.0 Å². The number of fused-ring (bicyclic) bond motifs is 1. The Labute approximate surface area is 190 Å². The lowest BCUT2D eigenvalue weighted by atomic mass is 10.1. The molecule has 0 bridgehead atoms. The Hall–Kier alpha value is -4.01. The van der Waals surface area contributed by atoms with E-state index in [0.29, 0.717) is 33.7 Å². The van der Waals surface area contributed by atoms with Gasteiger partial charge < -0.3 is 28.8 Å². The van der Waals surface area contributed by atoms with Crippen LogP contribution in [0.5, 0.6) is 17.2 Å². The van der Waals surface area contributed by atoms with Crippen LogP contribution >= 0.6 is 0 Å². The van der Waals surface area contributed by atoms with Crippen molar-refractivity contribution in [3.8, 4) is 17.2 Å². The van der Waals surface area contributed by atoms with E-state index in [4.69, 9.17) is 18.9 Å². The van der Waals surface area contributed by atoms with E-state index in [2.05, 4.69) is 5.32 Å². The third-order valence-electron chi connectivity index (χ3n) is 4.90. The van der Waals surface area contributed by atoms with Gasteiger partial charge in [0, 0.05) is 17.6 Å². The fraction of sp³-hybridized carbons (Fsp3) is 0.292. The van der Waals surface area contributed by atoms with Crippen molar-refractivity contribution < 1.29 is 28.5 Å². The normalized spacial score (nSPS) is 11.5. The number of esters is 1. The highest BCUT2D eigenvalue weighted by Gasteiger charge is 2.18. The Morgan fingerprint density at radius 2 is 1.82 bits per heavy atom. The second kappa shape index (κ2) is 10.5. The number of pyridine rings is 1. The van der Waals surface area contributed by atoms with Crippen molar-refractivity contribution in [3.63, 3.8) is 0 Å². The third kappa shape index (κ3) is 5.43. The number of amides is 1. The van der Waals surface area contributed by atoms with E-state index in [0.717, 1.165) is 0 Å². The number of carbonyl (C=O) groups is 2. The first-order chi connectivity index (χ1) is 15.9. The molecule has 0 aliphatic heterocycles. The van der Waals surface area contributed by atoms with Crippen LogP contribution in [0.25, 0.3) is 10.8 Å². The van der Waals surface area contributed by atoms with E-state index in [1.807, 2.05) is 0 Å². The molecular weight excluding hydrogens is 428 g/mol. The summed E-state index contributed by atoms with van der Waals surface area (Å²) >= 11 is 0. The van der Waals surface area contributed by atoms with Crippen LogP contribution in [0.15, 0.2) is 53.5 Å². The van der Waals surface area contributed by atoms with Crippen molar-refractivity contribution in [2.24, 2.45) is 0 Å². The summed E-state index contributed by atoms with van der Waals surface area (Å²) in [5.74, 6) is 0.512. The predicted octanol–water partition coefficient (Wildman–Crippen LogP) is 2.99.